The molecule has 24 heavy (non-hydrogen) atoms. The number of hydrogen-bond acceptors (Lipinski definition) is 5. The molecular formula is C18H23N3O2S. The predicted molar refractivity (Wildman–Crippen MR) is 94.8 cm³/mol. The van der Waals surface area contributed by atoms with Crippen molar-refractivity contribution >= 4 is 17.2 Å². The van der Waals surface area contributed by atoms with E-state index in [0.29, 0.717) is 24.6 Å². The smallest absolute Gasteiger partial charge is 0.251 e. The van der Waals surface area contributed by atoms with Crippen LogP contribution in [0.3, 0.4) is 0 Å². The van der Waals surface area contributed by atoms with Crippen LogP contribution in [0, 0.1) is 5.92 Å². The van der Waals surface area contributed by atoms with Gasteiger partial charge in [-0.2, -0.15) is 0 Å². The maximum Gasteiger partial charge on any atom is 0.251 e. The van der Waals surface area contributed by atoms with Crippen LogP contribution in [-0.4, -0.2) is 40.1 Å². The fourth-order valence-corrected chi connectivity index (χ4v) is 3.56. The maximum atomic E-state index is 12.0. The van der Waals surface area contributed by atoms with Gasteiger partial charge in [-0.1, -0.05) is 25.1 Å². The van der Waals surface area contributed by atoms with Crippen LogP contribution < -0.4 is 5.32 Å². The lowest BCUT2D eigenvalue weighted by molar-refractivity contribution is 0.0255. The number of benzene rings is 1. The Morgan fingerprint density at radius 1 is 1.42 bits per heavy atom. The first-order valence-corrected chi connectivity index (χ1v) is 9.16. The van der Waals surface area contributed by atoms with Gasteiger partial charge in [-0.3, -0.25) is 9.69 Å². The number of aromatic nitrogens is 1. The molecule has 0 saturated carbocycles. The van der Waals surface area contributed by atoms with Gasteiger partial charge in [-0.05, 0) is 31.0 Å². The second-order valence-electron chi connectivity index (χ2n) is 6.35. The van der Waals surface area contributed by atoms with Gasteiger partial charge in [0.25, 0.3) is 5.91 Å². The molecule has 1 aromatic carbocycles. The van der Waals surface area contributed by atoms with Crippen LogP contribution >= 0.6 is 11.3 Å². The molecule has 0 aliphatic carbocycles. The molecule has 0 spiro atoms. The molecule has 2 atom stereocenters. The molecule has 1 fully saturated rings. The van der Waals surface area contributed by atoms with Gasteiger partial charge < -0.3 is 10.4 Å². The summed E-state index contributed by atoms with van der Waals surface area (Å²) in [6, 6.07) is 9.19. The van der Waals surface area contributed by atoms with Gasteiger partial charge in [0, 0.05) is 24.0 Å². The lowest BCUT2D eigenvalue weighted by Gasteiger charge is -2.33. The van der Waals surface area contributed by atoms with Gasteiger partial charge in [-0.25, -0.2) is 4.98 Å². The molecule has 1 saturated heterocycles. The fourth-order valence-electron chi connectivity index (χ4n) is 2.84. The number of carbonyl (C=O) groups is 1. The van der Waals surface area contributed by atoms with Crippen LogP contribution in [0.4, 0.5) is 0 Å². The normalized spacial score (nSPS) is 21.6. The number of amides is 1. The molecule has 128 valence electrons. The highest BCUT2D eigenvalue weighted by Crippen LogP contribution is 2.19. The van der Waals surface area contributed by atoms with Gasteiger partial charge in [0.15, 0.2) is 0 Å². The Labute approximate surface area is 146 Å². The Morgan fingerprint density at radius 2 is 2.21 bits per heavy atom. The van der Waals surface area contributed by atoms with E-state index in [-0.39, 0.29) is 12.0 Å². The van der Waals surface area contributed by atoms with Crippen LogP contribution in [-0.2, 0) is 13.1 Å². The summed E-state index contributed by atoms with van der Waals surface area (Å²) in [6.45, 7) is 5.00. The Balaban J connectivity index is 1.50. The first-order chi connectivity index (χ1) is 11.6. The van der Waals surface area contributed by atoms with E-state index in [1.807, 2.05) is 23.6 Å². The van der Waals surface area contributed by atoms with Gasteiger partial charge in [0.05, 0.1) is 18.3 Å². The van der Waals surface area contributed by atoms with Crippen molar-refractivity contribution in [1.29, 1.82) is 0 Å². The van der Waals surface area contributed by atoms with Gasteiger partial charge in [-0.15, -0.1) is 11.3 Å². The highest BCUT2D eigenvalue weighted by Gasteiger charge is 2.24. The third-order valence-electron chi connectivity index (χ3n) is 4.42. The lowest BCUT2D eigenvalue weighted by atomic mass is 9.96. The van der Waals surface area contributed by atoms with Crippen LogP contribution in [0.2, 0.25) is 0 Å². The molecule has 1 amide bonds. The quantitative estimate of drug-likeness (QED) is 0.872. The third-order valence-corrected chi connectivity index (χ3v) is 5.32. The Morgan fingerprint density at radius 3 is 2.96 bits per heavy atom. The zero-order valence-corrected chi connectivity index (χ0v) is 14.6. The summed E-state index contributed by atoms with van der Waals surface area (Å²) in [7, 11) is 0. The van der Waals surface area contributed by atoms with Crippen molar-refractivity contribution in [2.24, 2.45) is 5.92 Å². The summed E-state index contributed by atoms with van der Waals surface area (Å²) in [5, 5.41) is 15.8. The Hall–Kier alpha value is -1.76. The average Bonchev–Trinajstić information content (AvgIpc) is 3.04. The third kappa shape index (κ3) is 4.41. The van der Waals surface area contributed by atoms with E-state index >= 15 is 0 Å². The molecule has 0 radical (unpaired) electrons. The Kier molecular flexibility index (Phi) is 5.60. The molecule has 3 rings (SSSR count). The average molecular weight is 345 g/mol. The monoisotopic (exact) mass is 345 g/mol. The van der Waals surface area contributed by atoms with Gasteiger partial charge in [0.1, 0.15) is 5.01 Å². The number of thiazole rings is 1. The Bertz CT molecular complexity index is 674. The van der Waals surface area contributed by atoms with E-state index in [1.54, 1.807) is 23.5 Å². The number of likely N-dealkylation sites (tertiary alicyclic amines) is 1. The fraction of sp³-hybridized carbons (Fsp3) is 0.444. The molecule has 6 heteroatoms. The number of carbonyl (C=O) groups excluding carboxylic acids is 1. The van der Waals surface area contributed by atoms with E-state index < -0.39 is 0 Å². The molecule has 5 nitrogen and oxygen atoms in total. The van der Waals surface area contributed by atoms with Crippen molar-refractivity contribution in [2.75, 3.05) is 13.1 Å². The SMILES string of the molecule is CC1CCN(Cc2csc(CNC(=O)c3ccccc3)n2)CC1O. The number of nitrogens with zero attached hydrogens (tertiary/aromatic N) is 2. The first-order valence-electron chi connectivity index (χ1n) is 8.29. The summed E-state index contributed by atoms with van der Waals surface area (Å²) in [5.41, 5.74) is 1.66. The molecule has 2 heterocycles. The summed E-state index contributed by atoms with van der Waals surface area (Å²) in [5.74, 6) is 0.293. The van der Waals surface area contributed by atoms with E-state index in [2.05, 4.69) is 22.1 Å². The van der Waals surface area contributed by atoms with Crippen LogP contribution in [0.15, 0.2) is 35.7 Å². The van der Waals surface area contributed by atoms with Gasteiger partial charge in [0.2, 0.25) is 0 Å². The van der Waals surface area contributed by atoms with Crippen molar-refractivity contribution in [3.05, 3.63) is 52.0 Å². The minimum Gasteiger partial charge on any atom is -0.392 e. The van der Waals surface area contributed by atoms with Crippen molar-refractivity contribution in [3.8, 4) is 0 Å². The zero-order valence-electron chi connectivity index (χ0n) is 13.8. The lowest BCUT2D eigenvalue weighted by Crippen LogP contribution is -2.42. The zero-order chi connectivity index (χ0) is 16.9. The number of aliphatic hydroxyl groups is 1. The van der Waals surface area contributed by atoms with Gasteiger partial charge >= 0.3 is 0 Å². The second kappa shape index (κ2) is 7.88. The minimum atomic E-state index is -0.248. The van der Waals surface area contributed by atoms with Crippen molar-refractivity contribution in [1.82, 2.24) is 15.2 Å². The largest absolute Gasteiger partial charge is 0.392 e. The van der Waals surface area contributed by atoms with E-state index in [1.165, 1.54) is 0 Å². The molecule has 2 N–H and O–H groups in total. The van der Waals surface area contributed by atoms with Crippen LogP contribution in [0.25, 0.3) is 0 Å². The first kappa shape index (κ1) is 17.1. The van der Waals surface area contributed by atoms with E-state index in [9.17, 15) is 9.90 Å². The summed E-state index contributed by atoms with van der Waals surface area (Å²) < 4.78 is 0. The van der Waals surface area contributed by atoms with E-state index in [0.717, 1.165) is 30.2 Å². The number of nitrogens with one attached hydrogen (secondary N) is 1. The molecule has 2 aromatic rings. The molecule has 1 aliphatic rings. The van der Waals surface area contributed by atoms with Crippen molar-refractivity contribution in [3.63, 3.8) is 0 Å². The standard InChI is InChI=1S/C18H23N3O2S/c1-13-7-8-21(11-16(13)22)10-15-12-24-17(20-15)9-19-18(23)14-5-3-2-4-6-14/h2-6,12-13,16,22H,7-11H2,1H3,(H,19,23). The molecule has 0 bridgehead atoms. The summed E-state index contributed by atoms with van der Waals surface area (Å²) in [6.07, 6.45) is 0.771. The molecular weight excluding hydrogens is 322 g/mol. The predicted octanol–water partition coefficient (Wildman–Crippen LogP) is 2.28. The topological polar surface area (TPSA) is 65.5 Å². The summed E-state index contributed by atoms with van der Waals surface area (Å²) in [4.78, 5) is 18.9. The summed E-state index contributed by atoms with van der Waals surface area (Å²) >= 11 is 1.56. The minimum absolute atomic E-state index is 0.0829. The molecule has 1 aromatic heterocycles. The molecule has 2 unspecified atom stereocenters. The highest BCUT2D eigenvalue weighted by molar-refractivity contribution is 7.09. The van der Waals surface area contributed by atoms with Crippen molar-refractivity contribution < 1.29 is 9.90 Å². The van der Waals surface area contributed by atoms with E-state index in [4.69, 9.17) is 0 Å². The second-order valence-corrected chi connectivity index (χ2v) is 7.29. The number of hydrogen-bond donors (Lipinski definition) is 2. The number of aliphatic hydroxyl groups excluding tert-OH is 1. The number of β-amino-alcohol motifs (C(OH)–C–C–N with tert-alkyl or cyclic N) is 1. The van der Waals surface area contributed by atoms with Crippen LogP contribution in [0.5, 0.6) is 0 Å². The molecule has 1 aliphatic heterocycles. The van der Waals surface area contributed by atoms with Crippen LogP contribution in [0.1, 0.15) is 34.4 Å². The van der Waals surface area contributed by atoms with Crippen molar-refractivity contribution in [2.45, 2.75) is 32.5 Å². The number of rotatable bonds is 5. The number of piperidine rings is 1. The maximum absolute atomic E-state index is 12.0. The highest BCUT2D eigenvalue weighted by atomic mass is 32.1.